The molecule has 1 N–H and O–H groups in total. The highest BCUT2D eigenvalue weighted by atomic mass is 19.1. The maximum atomic E-state index is 13.8. The van der Waals surface area contributed by atoms with Crippen LogP contribution in [0.2, 0.25) is 0 Å². The van der Waals surface area contributed by atoms with Crippen molar-refractivity contribution in [2.24, 2.45) is 0 Å². The Morgan fingerprint density at radius 1 is 1.21 bits per heavy atom. The number of halogens is 1. The Kier molecular flexibility index (Phi) is 4.37. The van der Waals surface area contributed by atoms with Crippen molar-refractivity contribution in [1.29, 1.82) is 0 Å². The first kappa shape index (κ1) is 15.9. The fraction of sp³-hybridized carbons (Fsp3) is 0.167. The van der Waals surface area contributed by atoms with Crippen LogP contribution in [0.1, 0.15) is 27.3 Å². The molecular weight excluding hydrogens is 307 g/mol. The number of rotatable bonds is 4. The van der Waals surface area contributed by atoms with Crippen molar-refractivity contribution in [2.45, 2.75) is 20.4 Å². The summed E-state index contributed by atoms with van der Waals surface area (Å²) in [7, 11) is 0. The number of nitrogens with one attached hydrogen (secondary N) is 1. The van der Waals surface area contributed by atoms with E-state index in [1.807, 2.05) is 13.8 Å². The molecule has 1 aromatic carbocycles. The second-order valence-corrected chi connectivity index (χ2v) is 5.49. The van der Waals surface area contributed by atoms with Crippen molar-refractivity contribution in [1.82, 2.24) is 14.8 Å². The number of carbonyl (C=O) groups is 1. The average Bonchev–Trinajstić information content (AvgIpc) is 2.85. The number of hydrogen-bond donors (Lipinski definition) is 1. The average molecular weight is 324 g/mol. The van der Waals surface area contributed by atoms with Gasteiger partial charge in [0.1, 0.15) is 5.82 Å². The minimum atomic E-state index is -0.272. The maximum Gasteiger partial charge on any atom is 0.257 e. The van der Waals surface area contributed by atoms with Gasteiger partial charge in [-0.25, -0.2) is 4.39 Å². The molecule has 0 aliphatic heterocycles. The van der Waals surface area contributed by atoms with E-state index in [9.17, 15) is 9.18 Å². The Hall–Kier alpha value is -3.02. The maximum absolute atomic E-state index is 13.8. The standard InChI is InChI=1S/C18H17FN4O/c1-12-17(21-18(24)14-7-5-9-20-10-14)13(2)23(22-12)11-15-6-3-4-8-16(15)19/h3-10H,11H2,1-2H3,(H,21,24). The zero-order chi connectivity index (χ0) is 17.1. The van der Waals surface area contributed by atoms with Gasteiger partial charge in [-0.3, -0.25) is 14.5 Å². The molecule has 1 amide bonds. The minimum absolute atomic E-state index is 0.250. The van der Waals surface area contributed by atoms with E-state index >= 15 is 0 Å². The molecule has 5 nitrogen and oxygen atoms in total. The number of benzene rings is 1. The second-order valence-electron chi connectivity index (χ2n) is 5.49. The molecule has 0 atom stereocenters. The summed E-state index contributed by atoms with van der Waals surface area (Å²) in [6, 6.07) is 9.98. The van der Waals surface area contributed by atoms with E-state index in [0.29, 0.717) is 29.1 Å². The van der Waals surface area contributed by atoms with Crippen LogP contribution in [0.5, 0.6) is 0 Å². The van der Waals surface area contributed by atoms with Crippen LogP contribution < -0.4 is 5.32 Å². The monoisotopic (exact) mass is 324 g/mol. The molecule has 0 radical (unpaired) electrons. The molecule has 3 rings (SSSR count). The van der Waals surface area contributed by atoms with Gasteiger partial charge in [0.2, 0.25) is 0 Å². The lowest BCUT2D eigenvalue weighted by Gasteiger charge is -2.08. The minimum Gasteiger partial charge on any atom is -0.319 e. The number of aryl methyl sites for hydroxylation is 1. The van der Waals surface area contributed by atoms with Crippen LogP contribution in [0.4, 0.5) is 10.1 Å². The SMILES string of the molecule is Cc1nn(Cc2ccccc2F)c(C)c1NC(=O)c1cccnc1. The van der Waals surface area contributed by atoms with Gasteiger partial charge in [-0.05, 0) is 32.0 Å². The summed E-state index contributed by atoms with van der Waals surface area (Å²) in [5.41, 5.74) is 3.11. The van der Waals surface area contributed by atoms with Crippen LogP contribution in [-0.2, 0) is 6.54 Å². The van der Waals surface area contributed by atoms with E-state index in [2.05, 4.69) is 15.4 Å². The van der Waals surface area contributed by atoms with Gasteiger partial charge in [0.25, 0.3) is 5.91 Å². The molecule has 0 saturated carbocycles. The Labute approximate surface area is 139 Å². The highest BCUT2D eigenvalue weighted by Gasteiger charge is 2.16. The molecule has 0 bridgehead atoms. The number of pyridine rings is 1. The lowest BCUT2D eigenvalue weighted by molar-refractivity contribution is 0.102. The van der Waals surface area contributed by atoms with Crippen molar-refractivity contribution in [2.75, 3.05) is 5.32 Å². The molecule has 0 fully saturated rings. The summed E-state index contributed by atoms with van der Waals surface area (Å²) in [6.45, 7) is 3.96. The van der Waals surface area contributed by atoms with Crippen molar-refractivity contribution >= 4 is 11.6 Å². The van der Waals surface area contributed by atoms with Crippen LogP contribution >= 0.6 is 0 Å². The van der Waals surface area contributed by atoms with Crippen LogP contribution in [0.15, 0.2) is 48.8 Å². The van der Waals surface area contributed by atoms with E-state index in [4.69, 9.17) is 0 Å². The lowest BCUT2D eigenvalue weighted by atomic mass is 10.2. The quantitative estimate of drug-likeness (QED) is 0.801. The molecule has 6 heteroatoms. The molecule has 2 aromatic heterocycles. The number of hydrogen-bond acceptors (Lipinski definition) is 3. The van der Waals surface area contributed by atoms with Gasteiger partial charge >= 0.3 is 0 Å². The third kappa shape index (κ3) is 3.17. The van der Waals surface area contributed by atoms with E-state index in [1.54, 1.807) is 41.2 Å². The lowest BCUT2D eigenvalue weighted by Crippen LogP contribution is -2.13. The largest absolute Gasteiger partial charge is 0.319 e. The fourth-order valence-electron chi connectivity index (χ4n) is 2.50. The van der Waals surface area contributed by atoms with Gasteiger partial charge < -0.3 is 5.32 Å². The molecule has 0 aliphatic rings. The van der Waals surface area contributed by atoms with Gasteiger partial charge in [0.05, 0.1) is 29.2 Å². The Morgan fingerprint density at radius 2 is 2.00 bits per heavy atom. The molecular formula is C18H17FN4O. The first-order chi connectivity index (χ1) is 11.6. The van der Waals surface area contributed by atoms with Gasteiger partial charge in [-0.15, -0.1) is 0 Å². The first-order valence-corrected chi connectivity index (χ1v) is 7.55. The van der Waals surface area contributed by atoms with E-state index in [0.717, 1.165) is 5.69 Å². The number of anilines is 1. The number of nitrogens with zero attached hydrogens (tertiary/aromatic N) is 3. The van der Waals surface area contributed by atoms with E-state index < -0.39 is 0 Å². The molecule has 0 spiro atoms. The third-order valence-corrected chi connectivity index (χ3v) is 3.82. The summed E-state index contributed by atoms with van der Waals surface area (Å²) in [4.78, 5) is 16.2. The topological polar surface area (TPSA) is 59.8 Å². The van der Waals surface area contributed by atoms with Crippen LogP contribution in [-0.4, -0.2) is 20.7 Å². The molecule has 0 saturated heterocycles. The van der Waals surface area contributed by atoms with Crippen molar-refractivity contribution < 1.29 is 9.18 Å². The first-order valence-electron chi connectivity index (χ1n) is 7.55. The molecule has 0 unspecified atom stereocenters. The second kappa shape index (κ2) is 6.62. The Morgan fingerprint density at radius 3 is 2.71 bits per heavy atom. The molecule has 2 heterocycles. The predicted molar refractivity (Wildman–Crippen MR) is 89.4 cm³/mol. The molecule has 0 aliphatic carbocycles. The van der Waals surface area contributed by atoms with Crippen LogP contribution in [0.25, 0.3) is 0 Å². The fourth-order valence-corrected chi connectivity index (χ4v) is 2.50. The highest BCUT2D eigenvalue weighted by molar-refractivity contribution is 6.04. The van der Waals surface area contributed by atoms with E-state index in [1.165, 1.54) is 12.3 Å². The van der Waals surface area contributed by atoms with Crippen molar-refractivity contribution in [3.8, 4) is 0 Å². The molecule has 3 aromatic rings. The smallest absolute Gasteiger partial charge is 0.257 e. The summed E-state index contributed by atoms with van der Waals surface area (Å²) < 4.78 is 15.5. The zero-order valence-corrected chi connectivity index (χ0v) is 13.5. The molecule has 122 valence electrons. The third-order valence-electron chi connectivity index (χ3n) is 3.82. The zero-order valence-electron chi connectivity index (χ0n) is 13.5. The molecule has 24 heavy (non-hydrogen) atoms. The Bertz CT molecular complexity index is 874. The number of carbonyl (C=O) groups excluding carboxylic acids is 1. The van der Waals surface area contributed by atoms with Crippen molar-refractivity contribution in [3.63, 3.8) is 0 Å². The number of amides is 1. The summed E-state index contributed by atoms with van der Waals surface area (Å²) in [5.74, 6) is -0.522. The van der Waals surface area contributed by atoms with Gasteiger partial charge in [0, 0.05) is 18.0 Å². The van der Waals surface area contributed by atoms with Gasteiger partial charge in [-0.1, -0.05) is 18.2 Å². The van der Waals surface area contributed by atoms with Gasteiger partial charge in [0.15, 0.2) is 0 Å². The summed E-state index contributed by atoms with van der Waals surface area (Å²) in [6.07, 6.45) is 3.11. The Balaban J connectivity index is 1.85. The van der Waals surface area contributed by atoms with E-state index in [-0.39, 0.29) is 11.7 Å². The summed E-state index contributed by atoms with van der Waals surface area (Å²) >= 11 is 0. The summed E-state index contributed by atoms with van der Waals surface area (Å²) in [5, 5.41) is 7.27. The predicted octanol–water partition coefficient (Wildman–Crippen LogP) is 3.33. The number of aromatic nitrogens is 3. The van der Waals surface area contributed by atoms with Gasteiger partial charge in [-0.2, -0.15) is 5.10 Å². The van der Waals surface area contributed by atoms with Crippen molar-refractivity contribution in [3.05, 3.63) is 77.1 Å². The highest BCUT2D eigenvalue weighted by Crippen LogP contribution is 2.21. The normalized spacial score (nSPS) is 10.6. The van der Waals surface area contributed by atoms with Crippen LogP contribution in [0, 0.1) is 19.7 Å². The van der Waals surface area contributed by atoms with Crippen LogP contribution in [0.3, 0.4) is 0 Å².